The van der Waals surface area contributed by atoms with E-state index >= 15 is 0 Å². The number of carbonyl (C=O) groups excluding carboxylic acids is 1. The van der Waals surface area contributed by atoms with E-state index < -0.39 is 6.04 Å². The van der Waals surface area contributed by atoms with Crippen LogP contribution in [-0.2, 0) is 11.3 Å². The van der Waals surface area contributed by atoms with Gasteiger partial charge < -0.3 is 16.0 Å². The van der Waals surface area contributed by atoms with E-state index in [2.05, 4.69) is 41.4 Å². The number of hydrogen-bond acceptors (Lipinski definition) is 3. The second-order valence-electron chi connectivity index (χ2n) is 5.58. The molecule has 1 amide bonds. The number of benzene rings is 2. The van der Waals surface area contributed by atoms with Gasteiger partial charge in [0, 0.05) is 30.5 Å². The molecular weight excluding hydrogens is 262 g/mol. The van der Waals surface area contributed by atoms with Crippen LogP contribution in [-0.4, -0.2) is 13.0 Å². The van der Waals surface area contributed by atoms with Gasteiger partial charge in [0.25, 0.3) is 0 Å². The second-order valence-corrected chi connectivity index (χ2v) is 5.58. The molecule has 3 N–H and O–H groups in total. The lowest BCUT2D eigenvalue weighted by Crippen LogP contribution is -2.19. The molecule has 4 nitrogen and oxygen atoms in total. The maximum absolute atomic E-state index is 11.6. The first kappa shape index (κ1) is 13.6. The van der Waals surface area contributed by atoms with Gasteiger partial charge in [0.15, 0.2) is 0 Å². The molecule has 0 bridgehead atoms. The van der Waals surface area contributed by atoms with E-state index in [1.807, 2.05) is 25.2 Å². The van der Waals surface area contributed by atoms with Gasteiger partial charge in [0.1, 0.15) is 6.04 Å². The first-order chi connectivity index (χ1) is 10.0. The largest absolute Gasteiger partial charge is 0.370 e. The maximum atomic E-state index is 11.6. The number of nitrogens with zero attached hydrogens (tertiary/aromatic N) is 1. The summed E-state index contributed by atoms with van der Waals surface area (Å²) in [6.07, 6.45) is 0. The molecule has 0 saturated carbocycles. The average Bonchev–Trinajstić information content (AvgIpc) is 2.76. The summed E-state index contributed by atoms with van der Waals surface area (Å²) in [4.78, 5) is 13.7. The SMILES string of the molecule is Cc1ccc(CN(C)c2ccc3c(c2)NC(=O)C3N)cc1. The molecule has 0 fully saturated rings. The van der Waals surface area contributed by atoms with Crippen LogP contribution in [0.2, 0.25) is 0 Å². The summed E-state index contributed by atoms with van der Waals surface area (Å²) >= 11 is 0. The molecule has 21 heavy (non-hydrogen) atoms. The summed E-state index contributed by atoms with van der Waals surface area (Å²) in [5.74, 6) is -0.136. The van der Waals surface area contributed by atoms with Gasteiger partial charge in [-0.3, -0.25) is 4.79 Å². The van der Waals surface area contributed by atoms with Crippen LogP contribution >= 0.6 is 0 Å². The van der Waals surface area contributed by atoms with E-state index in [0.29, 0.717) is 0 Å². The van der Waals surface area contributed by atoms with Crippen LogP contribution in [0.1, 0.15) is 22.7 Å². The third kappa shape index (κ3) is 2.62. The summed E-state index contributed by atoms with van der Waals surface area (Å²) in [5.41, 5.74) is 11.1. The first-order valence-electron chi connectivity index (χ1n) is 7.01. The normalized spacial score (nSPS) is 16.5. The average molecular weight is 281 g/mol. The third-order valence-corrected chi connectivity index (χ3v) is 3.89. The van der Waals surface area contributed by atoms with Crippen LogP contribution in [0.3, 0.4) is 0 Å². The van der Waals surface area contributed by atoms with Crippen LogP contribution in [0.5, 0.6) is 0 Å². The van der Waals surface area contributed by atoms with Crippen molar-refractivity contribution >= 4 is 17.3 Å². The van der Waals surface area contributed by atoms with E-state index in [-0.39, 0.29) is 5.91 Å². The van der Waals surface area contributed by atoms with Crippen LogP contribution in [0, 0.1) is 6.92 Å². The Labute approximate surface area is 124 Å². The minimum absolute atomic E-state index is 0.136. The van der Waals surface area contributed by atoms with E-state index in [1.165, 1.54) is 11.1 Å². The number of fused-ring (bicyclic) bond motifs is 1. The van der Waals surface area contributed by atoms with E-state index in [0.717, 1.165) is 23.5 Å². The van der Waals surface area contributed by atoms with Gasteiger partial charge in [0.05, 0.1) is 0 Å². The molecule has 2 aromatic rings. The van der Waals surface area contributed by atoms with Crippen LogP contribution in [0.15, 0.2) is 42.5 Å². The summed E-state index contributed by atoms with van der Waals surface area (Å²) in [6.45, 7) is 2.90. The Balaban J connectivity index is 1.80. The monoisotopic (exact) mass is 281 g/mol. The van der Waals surface area contributed by atoms with Crippen molar-refractivity contribution in [2.45, 2.75) is 19.5 Å². The summed E-state index contributed by atoms with van der Waals surface area (Å²) in [6, 6.07) is 13.9. The molecule has 108 valence electrons. The Morgan fingerprint density at radius 1 is 1.19 bits per heavy atom. The number of rotatable bonds is 3. The molecule has 1 atom stereocenters. The van der Waals surface area contributed by atoms with Crippen molar-refractivity contribution in [1.82, 2.24) is 0 Å². The summed E-state index contributed by atoms with van der Waals surface area (Å²) < 4.78 is 0. The minimum Gasteiger partial charge on any atom is -0.370 e. The molecule has 3 rings (SSSR count). The van der Waals surface area contributed by atoms with Gasteiger partial charge in [0.2, 0.25) is 5.91 Å². The zero-order valence-electron chi connectivity index (χ0n) is 12.3. The molecule has 0 spiro atoms. The van der Waals surface area contributed by atoms with E-state index in [1.54, 1.807) is 0 Å². The highest BCUT2D eigenvalue weighted by molar-refractivity contribution is 6.02. The fourth-order valence-electron chi connectivity index (χ4n) is 2.57. The lowest BCUT2D eigenvalue weighted by molar-refractivity contribution is -0.116. The van der Waals surface area contributed by atoms with Crippen molar-refractivity contribution < 1.29 is 4.79 Å². The standard InChI is InChI=1S/C17H19N3O/c1-11-3-5-12(6-4-11)10-20(2)13-7-8-14-15(9-13)19-17(21)16(14)18/h3-9,16H,10,18H2,1-2H3,(H,19,21). The van der Waals surface area contributed by atoms with Crippen LogP contribution in [0.25, 0.3) is 0 Å². The molecular formula is C17H19N3O. The number of carbonyl (C=O) groups is 1. The molecule has 0 saturated heterocycles. The molecule has 0 aliphatic carbocycles. The van der Waals surface area contributed by atoms with Crippen molar-refractivity contribution in [2.24, 2.45) is 5.73 Å². The smallest absolute Gasteiger partial charge is 0.245 e. The van der Waals surface area contributed by atoms with Gasteiger partial charge >= 0.3 is 0 Å². The molecule has 1 heterocycles. The quantitative estimate of drug-likeness (QED) is 0.909. The second kappa shape index (κ2) is 5.22. The highest BCUT2D eigenvalue weighted by Crippen LogP contribution is 2.32. The Kier molecular flexibility index (Phi) is 3.39. The third-order valence-electron chi connectivity index (χ3n) is 3.89. The van der Waals surface area contributed by atoms with Crippen molar-refractivity contribution in [3.8, 4) is 0 Å². The van der Waals surface area contributed by atoms with Gasteiger partial charge in [-0.2, -0.15) is 0 Å². The number of amides is 1. The highest BCUT2D eigenvalue weighted by Gasteiger charge is 2.27. The Bertz CT molecular complexity index is 679. The topological polar surface area (TPSA) is 58.4 Å². The lowest BCUT2D eigenvalue weighted by Gasteiger charge is -2.20. The molecule has 0 aromatic heterocycles. The minimum atomic E-state index is -0.545. The zero-order chi connectivity index (χ0) is 15.0. The summed E-state index contributed by atoms with van der Waals surface area (Å²) in [7, 11) is 2.04. The first-order valence-corrected chi connectivity index (χ1v) is 7.01. The fraction of sp³-hybridized carbons (Fsp3) is 0.235. The Morgan fingerprint density at radius 3 is 2.62 bits per heavy atom. The van der Waals surface area contributed by atoms with Gasteiger partial charge in [-0.1, -0.05) is 35.9 Å². The van der Waals surface area contributed by atoms with Crippen molar-refractivity contribution in [2.75, 3.05) is 17.3 Å². The Hall–Kier alpha value is -2.33. The summed E-state index contributed by atoms with van der Waals surface area (Å²) in [5, 5.41) is 2.82. The Morgan fingerprint density at radius 2 is 1.90 bits per heavy atom. The number of nitrogens with two attached hydrogens (primary N) is 1. The molecule has 1 aliphatic rings. The van der Waals surface area contributed by atoms with Crippen LogP contribution in [0.4, 0.5) is 11.4 Å². The highest BCUT2D eigenvalue weighted by atomic mass is 16.2. The van der Waals surface area contributed by atoms with E-state index in [9.17, 15) is 4.79 Å². The maximum Gasteiger partial charge on any atom is 0.245 e. The van der Waals surface area contributed by atoms with Crippen molar-refractivity contribution in [1.29, 1.82) is 0 Å². The molecule has 4 heteroatoms. The van der Waals surface area contributed by atoms with Crippen molar-refractivity contribution in [3.63, 3.8) is 0 Å². The number of aryl methyl sites for hydroxylation is 1. The molecule has 1 aliphatic heterocycles. The predicted molar refractivity (Wildman–Crippen MR) is 85.3 cm³/mol. The molecule has 0 radical (unpaired) electrons. The molecule has 2 aromatic carbocycles. The zero-order valence-corrected chi connectivity index (χ0v) is 12.3. The number of hydrogen-bond donors (Lipinski definition) is 2. The van der Waals surface area contributed by atoms with Crippen molar-refractivity contribution in [3.05, 3.63) is 59.2 Å². The van der Waals surface area contributed by atoms with Crippen LogP contribution < -0.4 is 16.0 Å². The predicted octanol–water partition coefficient (Wildman–Crippen LogP) is 2.58. The fourth-order valence-corrected chi connectivity index (χ4v) is 2.57. The van der Waals surface area contributed by atoms with Gasteiger partial charge in [-0.25, -0.2) is 0 Å². The lowest BCUT2D eigenvalue weighted by atomic mass is 10.1. The number of nitrogens with one attached hydrogen (secondary N) is 1. The molecule has 1 unspecified atom stereocenters. The van der Waals surface area contributed by atoms with Gasteiger partial charge in [-0.15, -0.1) is 0 Å². The van der Waals surface area contributed by atoms with Gasteiger partial charge in [-0.05, 0) is 24.6 Å². The van der Waals surface area contributed by atoms with E-state index in [4.69, 9.17) is 5.73 Å². The number of anilines is 2.